The van der Waals surface area contributed by atoms with Crippen LogP contribution in [0, 0.1) is 6.92 Å². The number of rotatable bonds is 5. The number of carbonyl (C=O) groups is 1. The molecule has 2 saturated heterocycles. The van der Waals surface area contributed by atoms with Gasteiger partial charge >= 0.3 is 5.97 Å². The van der Waals surface area contributed by atoms with Crippen LogP contribution in [0.25, 0.3) is 0 Å². The van der Waals surface area contributed by atoms with Crippen LogP contribution in [-0.4, -0.2) is 72.5 Å². The molecule has 2 aliphatic heterocycles. The fraction of sp³-hybridized carbons (Fsp3) is 0.667. The number of hydrogen-bond donors (Lipinski definition) is 1. The Balaban J connectivity index is 1.74. The van der Waals surface area contributed by atoms with Gasteiger partial charge in [-0.25, -0.2) is 8.42 Å². The van der Waals surface area contributed by atoms with E-state index in [0.717, 1.165) is 19.6 Å². The Morgan fingerprint density at radius 1 is 1.26 bits per heavy atom. The van der Waals surface area contributed by atoms with Gasteiger partial charge in [-0.05, 0) is 19.1 Å². The van der Waals surface area contributed by atoms with E-state index in [0.29, 0.717) is 6.54 Å². The first kappa shape index (κ1) is 16.9. The molecule has 2 atom stereocenters. The molecule has 0 aliphatic carbocycles. The molecule has 1 N–H and O–H groups in total. The van der Waals surface area contributed by atoms with Crippen molar-refractivity contribution in [3.8, 4) is 0 Å². The first-order valence-corrected chi connectivity index (χ1v) is 10.4. The third-order valence-corrected chi connectivity index (χ3v) is 7.36. The number of fused-ring (bicyclic) bond motifs is 1. The number of sulfone groups is 1. The Labute approximate surface area is 140 Å². The van der Waals surface area contributed by atoms with Gasteiger partial charge in [0, 0.05) is 48.0 Å². The van der Waals surface area contributed by atoms with Gasteiger partial charge < -0.3 is 5.11 Å². The summed E-state index contributed by atoms with van der Waals surface area (Å²) in [7, 11) is -3.05. The number of piperazine rings is 1. The number of hydrogen-bond acceptors (Lipinski definition) is 6. The van der Waals surface area contributed by atoms with E-state index in [2.05, 4.69) is 28.9 Å². The summed E-state index contributed by atoms with van der Waals surface area (Å²) < 4.78 is 24.2. The van der Waals surface area contributed by atoms with Gasteiger partial charge in [-0.3, -0.25) is 14.6 Å². The molecule has 0 radical (unpaired) electrons. The van der Waals surface area contributed by atoms with Crippen LogP contribution in [0.5, 0.6) is 0 Å². The zero-order chi connectivity index (χ0) is 16.6. The molecule has 2 fully saturated rings. The smallest absolute Gasteiger partial charge is 0.304 e. The van der Waals surface area contributed by atoms with E-state index in [-0.39, 0.29) is 30.0 Å². The highest BCUT2D eigenvalue weighted by Gasteiger charge is 2.46. The number of aliphatic carboxylic acids is 1. The van der Waals surface area contributed by atoms with Gasteiger partial charge in [0.05, 0.1) is 17.9 Å². The fourth-order valence-electron chi connectivity index (χ4n) is 3.58. The lowest BCUT2D eigenvalue weighted by Gasteiger charge is -2.43. The molecule has 0 amide bonds. The third kappa shape index (κ3) is 3.93. The summed E-state index contributed by atoms with van der Waals surface area (Å²) in [6.45, 7) is 4.79. The van der Waals surface area contributed by atoms with E-state index in [9.17, 15) is 13.2 Å². The minimum absolute atomic E-state index is 0.0232. The maximum atomic E-state index is 12.1. The number of thiophene rings is 1. The van der Waals surface area contributed by atoms with Crippen LogP contribution < -0.4 is 0 Å². The average Bonchev–Trinajstić information content (AvgIpc) is 3.00. The summed E-state index contributed by atoms with van der Waals surface area (Å²) >= 11 is 1.75. The largest absolute Gasteiger partial charge is 0.481 e. The highest BCUT2D eigenvalue weighted by atomic mass is 32.2. The molecular formula is C15H22N2O4S2. The quantitative estimate of drug-likeness (QED) is 0.839. The van der Waals surface area contributed by atoms with Crippen LogP contribution in [0.2, 0.25) is 0 Å². The van der Waals surface area contributed by atoms with Crippen molar-refractivity contribution in [3.05, 3.63) is 21.9 Å². The second-order valence-corrected chi connectivity index (χ2v) is 9.90. The molecule has 3 rings (SSSR count). The van der Waals surface area contributed by atoms with E-state index in [4.69, 9.17) is 5.11 Å². The van der Waals surface area contributed by atoms with Crippen molar-refractivity contribution < 1.29 is 18.3 Å². The normalized spacial score (nSPS) is 27.9. The summed E-state index contributed by atoms with van der Waals surface area (Å²) in [4.78, 5) is 17.6. The lowest BCUT2D eigenvalue weighted by atomic mass is 10.0. The molecule has 0 saturated carbocycles. The molecule has 8 heteroatoms. The van der Waals surface area contributed by atoms with Crippen LogP contribution in [0.3, 0.4) is 0 Å². The SMILES string of the molecule is Cc1ccc(CN2CCN(CCC(=O)O)[C@@H]3CS(=O)(=O)C[C@@H]32)s1. The van der Waals surface area contributed by atoms with Crippen molar-refractivity contribution >= 4 is 27.1 Å². The van der Waals surface area contributed by atoms with Crippen LogP contribution >= 0.6 is 11.3 Å². The molecule has 0 spiro atoms. The van der Waals surface area contributed by atoms with E-state index in [1.54, 1.807) is 11.3 Å². The maximum Gasteiger partial charge on any atom is 0.304 e. The molecule has 23 heavy (non-hydrogen) atoms. The van der Waals surface area contributed by atoms with Crippen molar-refractivity contribution in [1.82, 2.24) is 9.80 Å². The summed E-state index contributed by atoms with van der Waals surface area (Å²) in [5.74, 6) is -0.498. The van der Waals surface area contributed by atoms with Gasteiger partial charge in [-0.1, -0.05) is 0 Å². The van der Waals surface area contributed by atoms with E-state index in [1.165, 1.54) is 9.75 Å². The number of carboxylic acids is 1. The lowest BCUT2D eigenvalue weighted by molar-refractivity contribution is -0.137. The number of aryl methyl sites for hydroxylation is 1. The highest BCUT2D eigenvalue weighted by molar-refractivity contribution is 7.91. The second-order valence-electron chi connectivity index (χ2n) is 6.37. The Hall–Kier alpha value is -0.960. The topological polar surface area (TPSA) is 77.9 Å². The Bertz CT molecular complexity index is 685. The molecule has 0 bridgehead atoms. The predicted molar refractivity (Wildman–Crippen MR) is 89.5 cm³/mol. The van der Waals surface area contributed by atoms with Gasteiger partial charge in [0.1, 0.15) is 0 Å². The number of carboxylic acid groups (broad SMARTS) is 1. The molecule has 0 unspecified atom stereocenters. The van der Waals surface area contributed by atoms with Gasteiger partial charge in [-0.15, -0.1) is 11.3 Å². The summed E-state index contributed by atoms with van der Waals surface area (Å²) in [6.07, 6.45) is 0.0629. The molecule has 1 aromatic heterocycles. The molecule has 2 aliphatic rings. The van der Waals surface area contributed by atoms with E-state index in [1.807, 2.05) is 0 Å². The van der Waals surface area contributed by atoms with E-state index >= 15 is 0 Å². The van der Waals surface area contributed by atoms with Crippen molar-refractivity contribution in [2.24, 2.45) is 0 Å². The molecule has 6 nitrogen and oxygen atoms in total. The minimum atomic E-state index is -3.05. The monoisotopic (exact) mass is 358 g/mol. The minimum Gasteiger partial charge on any atom is -0.481 e. The first-order valence-electron chi connectivity index (χ1n) is 7.80. The summed E-state index contributed by atoms with van der Waals surface area (Å²) in [5.41, 5.74) is 0. The summed E-state index contributed by atoms with van der Waals surface area (Å²) in [6, 6.07) is 4.10. The van der Waals surface area contributed by atoms with Gasteiger partial charge in [0.25, 0.3) is 0 Å². The first-order chi connectivity index (χ1) is 10.8. The molecular weight excluding hydrogens is 336 g/mol. The molecule has 3 heterocycles. The van der Waals surface area contributed by atoms with Crippen LogP contribution in [-0.2, 0) is 21.2 Å². The Kier molecular flexibility index (Phi) is 4.78. The highest BCUT2D eigenvalue weighted by Crippen LogP contribution is 2.29. The zero-order valence-electron chi connectivity index (χ0n) is 13.1. The Morgan fingerprint density at radius 3 is 2.52 bits per heavy atom. The zero-order valence-corrected chi connectivity index (χ0v) is 14.8. The predicted octanol–water partition coefficient (Wildman–Crippen LogP) is 0.814. The maximum absolute atomic E-state index is 12.1. The second kappa shape index (κ2) is 6.51. The Morgan fingerprint density at radius 2 is 1.91 bits per heavy atom. The van der Waals surface area contributed by atoms with Crippen LogP contribution in [0.15, 0.2) is 12.1 Å². The molecule has 128 valence electrons. The van der Waals surface area contributed by atoms with Gasteiger partial charge in [0.2, 0.25) is 0 Å². The number of nitrogens with zero attached hydrogens (tertiary/aromatic N) is 2. The third-order valence-electron chi connectivity index (χ3n) is 4.67. The fourth-order valence-corrected chi connectivity index (χ4v) is 6.54. The molecule has 0 aromatic carbocycles. The summed E-state index contributed by atoms with van der Waals surface area (Å²) in [5, 5.41) is 8.88. The average molecular weight is 358 g/mol. The van der Waals surface area contributed by atoms with Crippen molar-refractivity contribution in [2.45, 2.75) is 32.0 Å². The van der Waals surface area contributed by atoms with Gasteiger partial charge in [0.15, 0.2) is 9.84 Å². The van der Waals surface area contributed by atoms with Crippen LogP contribution in [0.4, 0.5) is 0 Å². The van der Waals surface area contributed by atoms with Crippen molar-refractivity contribution in [3.63, 3.8) is 0 Å². The standard InChI is InChI=1S/C15H22N2O4S2/c1-11-2-3-12(22-11)8-17-7-6-16(5-4-15(18)19)13-9-23(20,21)10-14(13)17/h2-3,13-14H,4-10H2,1H3,(H,18,19)/t13-,14+/m1/s1. The van der Waals surface area contributed by atoms with E-state index < -0.39 is 15.8 Å². The molecule has 1 aromatic rings. The van der Waals surface area contributed by atoms with Gasteiger partial charge in [-0.2, -0.15) is 0 Å². The van der Waals surface area contributed by atoms with Crippen LogP contribution in [0.1, 0.15) is 16.2 Å². The van der Waals surface area contributed by atoms with Crippen molar-refractivity contribution in [2.75, 3.05) is 31.1 Å². The lowest BCUT2D eigenvalue weighted by Crippen LogP contribution is -2.58. The van der Waals surface area contributed by atoms with Crippen molar-refractivity contribution in [1.29, 1.82) is 0 Å².